The number of fused-ring (bicyclic) bond motifs is 1. The Balaban J connectivity index is 2.83. The SMILES string of the molecule is Cc1c(Cl)ccc2c(NN)cc(C(C)C)nc12. The minimum Gasteiger partial charge on any atom is -0.323 e. The van der Waals surface area contributed by atoms with E-state index in [0.717, 1.165) is 32.9 Å². The normalized spacial score (nSPS) is 11.2. The molecule has 0 aliphatic heterocycles. The van der Waals surface area contributed by atoms with Crippen LogP contribution in [0.15, 0.2) is 18.2 Å². The molecule has 3 nitrogen and oxygen atoms in total. The van der Waals surface area contributed by atoms with Crippen LogP contribution in [0, 0.1) is 6.92 Å². The summed E-state index contributed by atoms with van der Waals surface area (Å²) in [5.74, 6) is 5.91. The van der Waals surface area contributed by atoms with E-state index in [1.165, 1.54) is 0 Å². The summed E-state index contributed by atoms with van der Waals surface area (Å²) in [7, 11) is 0. The second kappa shape index (κ2) is 4.51. The maximum atomic E-state index is 6.12. The molecule has 1 aromatic heterocycles. The number of rotatable bonds is 2. The van der Waals surface area contributed by atoms with E-state index in [-0.39, 0.29) is 0 Å². The molecular weight excluding hydrogens is 234 g/mol. The number of aromatic nitrogens is 1. The molecule has 3 N–H and O–H groups in total. The summed E-state index contributed by atoms with van der Waals surface area (Å²) in [6.45, 7) is 6.19. The topological polar surface area (TPSA) is 50.9 Å². The van der Waals surface area contributed by atoms with Gasteiger partial charge in [0.15, 0.2) is 0 Å². The van der Waals surface area contributed by atoms with E-state index in [0.29, 0.717) is 5.92 Å². The number of halogens is 1. The molecule has 0 unspecified atom stereocenters. The van der Waals surface area contributed by atoms with Crippen LogP contribution in [0.25, 0.3) is 10.9 Å². The average Bonchev–Trinajstić information content (AvgIpc) is 2.32. The van der Waals surface area contributed by atoms with Crippen LogP contribution in [0.4, 0.5) is 5.69 Å². The summed E-state index contributed by atoms with van der Waals surface area (Å²) in [4.78, 5) is 4.66. The average molecular weight is 250 g/mol. The second-order valence-electron chi connectivity index (χ2n) is 4.46. The van der Waals surface area contributed by atoms with Crippen molar-refractivity contribution in [1.29, 1.82) is 0 Å². The van der Waals surface area contributed by atoms with Crippen LogP contribution in [0.2, 0.25) is 5.02 Å². The van der Waals surface area contributed by atoms with Gasteiger partial charge in [-0.3, -0.25) is 10.8 Å². The first-order valence-electron chi connectivity index (χ1n) is 5.61. The lowest BCUT2D eigenvalue weighted by Crippen LogP contribution is -2.09. The molecule has 0 bridgehead atoms. The van der Waals surface area contributed by atoms with Gasteiger partial charge in [0.25, 0.3) is 0 Å². The lowest BCUT2D eigenvalue weighted by atomic mass is 10.0. The summed E-state index contributed by atoms with van der Waals surface area (Å²) >= 11 is 6.12. The highest BCUT2D eigenvalue weighted by molar-refractivity contribution is 6.32. The van der Waals surface area contributed by atoms with Gasteiger partial charge in [-0.15, -0.1) is 0 Å². The Morgan fingerprint density at radius 1 is 1.35 bits per heavy atom. The van der Waals surface area contributed by atoms with Gasteiger partial charge in [0, 0.05) is 16.1 Å². The zero-order chi connectivity index (χ0) is 12.6. The highest BCUT2D eigenvalue weighted by atomic mass is 35.5. The molecule has 0 aliphatic rings. The molecule has 1 aromatic carbocycles. The lowest BCUT2D eigenvalue weighted by Gasteiger charge is -2.13. The molecule has 0 saturated carbocycles. The highest BCUT2D eigenvalue weighted by Gasteiger charge is 2.11. The van der Waals surface area contributed by atoms with E-state index in [9.17, 15) is 0 Å². The van der Waals surface area contributed by atoms with Gasteiger partial charge in [-0.25, -0.2) is 0 Å². The van der Waals surface area contributed by atoms with Crippen LogP contribution in [-0.4, -0.2) is 4.98 Å². The molecule has 0 saturated heterocycles. The molecule has 1 heterocycles. The second-order valence-corrected chi connectivity index (χ2v) is 4.87. The van der Waals surface area contributed by atoms with Crippen molar-refractivity contribution < 1.29 is 0 Å². The number of nitrogens with two attached hydrogens (primary N) is 1. The van der Waals surface area contributed by atoms with Crippen LogP contribution in [-0.2, 0) is 0 Å². The van der Waals surface area contributed by atoms with Crippen molar-refractivity contribution in [2.24, 2.45) is 5.84 Å². The fraction of sp³-hybridized carbons (Fsp3) is 0.308. The zero-order valence-electron chi connectivity index (χ0n) is 10.2. The fourth-order valence-corrected chi connectivity index (χ4v) is 1.99. The number of aryl methyl sites for hydroxylation is 1. The third kappa shape index (κ3) is 2.08. The van der Waals surface area contributed by atoms with Crippen LogP contribution in [0.3, 0.4) is 0 Å². The molecule has 90 valence electrons. The van der Waals surface area contributed by atoms with E-state index in [4.69, 9.17) is 17.4 Å². The largest absolute Gasteiger partial charge is 0.323 e. The molecule has 0 radical (unpaired) electrons. The van der Waals surface area contributed by atoms with Crippen molar-refractivity contribution in [3.63, 3.8) is 0 Å². The number of hydrogen-bond acceptors (Lipinski definition) is 3. The van der Waals surface area contributed by atoms with Crippen molar-refractivity contribution in [1.82, 2.24) is 4.98 Å². The van der Waals surface area contributed by atoms with E-state index in [1.807, 2.05) is 25.1 Å². The van der Waals surface area contributed by atoms with Crippen LogP contribution < -0.4 is 11.3 Å². The van der Waals surface area contributed by atoms with Crippen molar-refractivity contribution in [2.75, 3.05) is 5.43 Å². The summed E-state index contributed by atoms with van der Waals surface area (Å²) in [5.41, 5.74) is 6.53. The molecule has 0 fully saturated rings. The number of benzene rings is 1. The minimum absolute atomic E-state index is 0.352. The quantitative estimate of drug-likeness (QED) is 0.632. The maximum Gasteiger partial charge on any atom is 0.0770 e. The molecule has 0 amide bonds. The molecule has 2 aromatic rings. The van der Waals surface area contributed by atoms with Gasteiger partial charge < -0.3 is 5.43 Å². The summed E-state index contributed by atoms with van der Waals surface area (Å²) in [6.07, 6.45) is 0. The predicted octanol–water partition coefficient (Wildman–Crippen LogP) is 3.61. The fourth-order valence-electron chi connectivity index (χ4n) is 1.84. The molecule has 0 aliphatic carbocycles. The van der Waals surface area contributed by atoms with Gasteiger partial charge in [0.1, 0.15) is 0 Å². The minimum atomic E-state index is 0.352. The Kier molecular flexibility index (Phi) is 3.22. The lowest BCUT2D eigenvalue weighted by molar-refractivity contribution is 0.830. The summed E-state index contributed by atoms with van der Waals surface area (Å²) in [5, 5.41) is 1.73. The Morgan fingerprint density at radius 2 is 2.06 bits per heavy atom. The Hall–Kier alpha value is -1.32. The molecule has 4 heteroatoms. The molecule has 17 heavy (non-hydrogen) atoms. The first-order chi connectivity index (χ1) is 8.04. The van der Waals surface area contributed by atoms with Crippen molar-refractivity contribution in [2.45, 2.75) is 26.7 Å². The van der Waals surface area contributed by atoms with E-state index >= 15 is 0 Å². The van der Waals surface area contributed by atoms with Crippen molar-refractivity contribution in [3.05, 3.63) is 34.5 Å². The van der Waals surface area contributed by atoms with Gasteiger partial charge in [-0.05, 0) is 36.6 Å². The number of nitrogen functional groups attached to an aromatic ring is 1. The number of anilines is 1. The first kappa shape index (κ1) is 12.1. The molecule has 2 rings (SSSR count). The van der Waals surface area contributed by atoms with Gasteiger partial charge in [0.2, 0.25) is 0 Å². The van der Waals surface area contributed by atoms with Crippen LogP contribution in [0.5, 0.6) is 0 Å². The van der Waals surface area contributed by atoms with Crippen LogP contribution >= 0.6 is 11.6 Å². The number of nitrogens with one attached hydrogen (secondary N) is 1. The van der Waals surface area contributed by atoms with Crippen molar-refractivity contribution in [3.8, 4) is 0 Å². The first-order valence-corrected chi connectivity index (χ1v) is 5.98. The van der Waals surface area contributed by atoms with Gasteiger partial charge >= 0.3 is 0 Å². The third-order valence-corrected chi connectivity index (χ3v) is 3.34. The maximum absolute atomic E-state index is 6.12. The highest BCUT2D eigenvalue weighted by Crippen LogP contribution is 2.30. The van der Waals surface area contributed by atoms with E-state index in [2.05, 4.69) is 24.3 Å². The third-order valence-electron chi connectivity index (χ3n) is 2.94. The number of hydrogen-bond donors (Lipinski definition) is 2. The van der Waals surface area contributed by atoms with Crippen LogP contribution in [0.1, 0.15) is 31.0 Å². The number of hydrazine groups is 1. The molecule has 0 atom stereocenters. The van der Waals surface area contributed by atoms with Crippen molar-refractivity contribution >= 4 is 28.2 Å². The Morgan fingerprint density at radius 3 is 2.65 bits per heavy atom. The standard InChI is InChI=1S/C13H16ClN3/c1-7(2)11-6-12(17-15)9-4-5-10(14)8(3)13(9)16-11/h4-7H,15H2,1-3H3,(H,16,17). The van der Waals surface area contributed by atoms with Gasteiger partial charge in [-0.1, -0.05) is 25.4 Å². The van der Waals surface area contributed by atoms with E-state index in [1.54, 1.807) is 0 Å². The summed E-state index contributed by atoms with van der Waals surface area (Å²) in [6, 6.07) is 5.80. The Labute approximate surface area is 106 Å². The molecular formula is C13H16ClN3. The smallest absolute Gasteiger partial charge is 0.0770 e. The zero-order valence-corrected chi connectivity index (χ0v) is 11.0. The Bertz CT molecular complexity index is 564. The summed E-state index contributed by atoms with van der Waals surface area (Å²) < 4.78 is 0. The number of nitrogens with zero attached hydrogens (tertiary/aromatic N) is 1. The predicted molar refractivity (Wildman–Crippen MR) is 73.4 cm³/mol. The van der Waals surface area contributed by atoms with Gasteiger partial charge in [-0.2, -0.15) is 0 Å². The monoisotopic (exact) mass is 249 g/mol. The van der Waals surface area contributed by atoms with E-state index < -0.39 is 0 Å². The molecule has 0 spiro atoms. The number of pyridine rings is 1. The van der Waals surface area contributed by atoms with Gasteiger partial charge in [0.05, 0.1) is 11.2 Å².